The van der Waals surface area contributed by atoms with Crippen LogP contribution in [0.15, 0.2) is 18.2 Å². The summed E-state index contributed by atoms with van der Waals surface area (Å²) >= 11 is 0.843. The number of primary amides is 1. The largest absolute Gasteiger partial charge is 0.472 e. The fraction of sp³-hybridized carbons (Fsp3) is 0.476. The van der Waals surface area contributed by atoms with Crippen molar-refractivity contribution in [3.05, 3.63) is 40.5 Å². The van der Waals surface area contributed by atoms with E-state index in [1.807, 2.05) is 0 Å². The molecule has 1 fully saturated rings. The zero-order valence-corrected chi connectivity index (χ0v) is 18.5. The number of rotatable bonds is 11. The van der Waals surface area contributed by atoms with Gasteiger partial charge in [0, 0.05) is 12.1 Å². The van der Waals surface area contributed by atoms with Gasteiger partial charge in [-0.15, -0.1) is 0 Å². The number of ether oxygens (including phenoxy) is 1. The van der Waals surface area contributed by atoms with Crippen LogP contribution in [0.1, 0.15) is 46.3 Å². The second-order valence-corrected chi connectivity index (χ2v) is 8.22. The summed E-state index contributed by atoms with van der Waals surface area (Å²) in [4.78, 5) is 26.5. The van der Waals surface area contributed by atoms with Gasteiger partial charge < -0.3 is 20.7 Å². The highest BCUT2D eigenvalue weighted by Crippen LogP contribution is 2.31. The van der Waals surface area contributed by atoms with Crippen LogP contribution in [0.5, 0.6) is 5.88 Å². The molecule has 3 amide bonds. The maximum atomic E-state index is 13.3. The van der Waals surface area contributed by atoms with E-state index in [0.29, 0.717) is 23.2 Å². The summed E-state index contributed by atoms with van der Waals surface area (Å²) in [5, 5.41) is 5.47. The van der Waals surface area contributed by atoms with Crippen molar-refractivity contribution in [2.24, 2.45) is 5.73 Å². The van der Waals surface area contributed by atoms with E-state index in [4.69, 9.17) is 10.5 Å². The van der Waals surface area contributed by atoms with Gasteiger partial charge in [-0.2, -0.15) is 4.37 Å². The van der Waals surface area contributed by atoms with E-state index in [1.165, 1.54) is 25.0 Å². The molecule has 0 radical (unpaired) electrons. The minimum Gasteiger partial charge on any atom is -0.472 e. The van der Waals surface area contributed by atoms with Gasteiger partial charge in [-0.1, -0.05) is 18.2 Å². The van der Waals surface area contributed by atoms with Gasteiger partial charge in [0.05, 0.1) is 0 Å². The number of alkyl halides is 2. The molecule has 1 aromatic carbocycles. The Morgan fingerprint density at radius 1 is 1.19 bits per heavy atom. The molecule has 0 bridgehead atoms. The Bertz CT molecular complexity index is 912. The molecule has 0 saturated carbocycles. The Morgan fingerprint density at radius 3 is 2.50 bits per heavy atom. The highest BCUT2D eigenvalue weighted by Gasteiger charge is 2.22. The lowest BCUT2D eigenvalue weighted by atomic mass is 10.0. The van der Waals surface area contributed by atoms with Crippen molar-refractivity contribution >= 4 is 28.5 Å². The smallest absolute Gasteiger partial charge is 0.319 e. The Kier molecular flexibility index (Phi) is 8.74. The fourth-order valence-corrected chi connectivity index (χ4v) is 4.33. The molecule has 4 N–H and O–H groups in total. The molecule has 0 unspecified atom stereocenters. The van der Waals surface area contributed by atoms with Crippen LogP contribution in [0, 0.1) is 0 Å². The minimum absolute atomic E-state index is 0.0817. The van der Waals surface area contributed by atoms with Gasteiger partial charge in [-0.05, 0) is 61.6 Å². The molecule has 32 heavy (non-hydrogen) atoms. The van der Waals surface area contributed by atoms with Gasteiger partial charge in [-0.3, -0.25) is 10.1 Å². The average molecular weight is 468 g/mol. The third kappa shape index (κ3) is 6.13. The van der Waals surface area contributed by atoms with E-state index in [2.05, 4.69) is 19.9 Å². The first-order chi connectivity index (χ1) is 15.5. The number of nitrogens with one attached hydrogen (secondary N) is 2. The molecular weight excluding hydrogens is 440 g/mol. The normalized spacial score (nSPS) is 13.8. The zero-order valence-electron chi connectivity index (χ0n) is 17.7. The summed E-state index contributed by atoms with van der Waals surface area (Å²) in [6.45, 7) is 1.86. The number of aromatic nitrogens is 1. The number of anilines is 1. The van der Waals surface area contributed by atoms with Crippen LogP contribution < -0.4 is 21.1 Å². The number of nitrogens with two attached hydrogens (primary N) is 1. The van der Waals surface area contributed by atoms with Gasteiger partial charge in [0.1, 0.15) is 30.5 Å². The van der Waals surface area contributed by atoms with Crippen molar-refractivity contribution < 1.29 is 23.1 Å². The topological polar surface area (TPSA) is 110 Å². The predicted molar refractivity (Wildman–Crippen MR) is 118 cm³/mol. The first-order valence-electron chi connectivity index (χ1n) is 10.4. The molecule has 2 heterocycles. The zero-order chi connectivity index (χ0) is 22.9. The lowest BCUT2D eigenvalue weighted by molar-refractivity contribution is 0.0996. The van der Waals surface area contributed by atoms with E-state index >= 15 is 0 Å². The maximum Gasteiger partial charge on any atom is 0.319 e. The molecule has 2 aromatic rings. The Labute approximate surface area is 189 Å². The number of urea groups is 1. The molecule has 3 rings (SSSR count). The van der Waals surface area contributed by atoms with Gasteiger partial charge in [0.2, 0.25) is 5.88 Å². The summed E-state index contributed by atoms with van der Waals surface area (Å²) in [7, 11) is 0. The first-order valence-corrected chi connectivity index (χ1v) is 11.2. The molecule has 0 atom stereocenters. The molecule has 174 valence electrons. The number of hydrogen-bond acceptors (Lipinski definition) is 6. The Hall–Kier alpha value is -2.79. The number of carbonyl (C=O) groups excluding carboxylic acids is 2. The van der Waals surface area contributed by atoms with E-state index in [0.717, 1.165) is 37.6 Å². The van der Waals surface area contributed by atoms with Crippen molar-refractivity contribution in [2.45, 2.75) is 39.2 Å². The second-order valence-electron chi connectivity index (χ2n) is 7.45. The molecule has 1 aliphatic rings. The van der Waals surface area contributed by atoms with Crippen LogP contribution in [0.4, 0.5) is 18.6 Å². The summed E-state index contributed by atoms with van der Waals surface area (Å²) in [5.41, 5.74) is 6.32. The van der Waals surface area contributed by atoms with E-state index in [1.54, 1.807) is 6.07 Å². The highest BCUT2D eigenvalue weighted by atomic mass is 32.1. The van der Waals surface area contributed by atoms with Gasteiger partial charge in [-0.25, -0.2) is 13.6 Å². The molecule has 0 aliphatic carbocycles. The monoisotopic (exact) mass is 467 g/mol. The lowest BCUT2D eigenvalue weighted by Crippen LogP contribution is -2.32. The molecule has 1 aliphatic heterocycles. The highest BCUT2D eigenvalue weighted by molar-refractivity contribution is 7.11. The summed E-state index contributed by atoms with van der Waals surface area (Å²) in [6, 6.07) is 4.16. The van der Waals surface area contributed by atoms with Crippen molar-refractivity contribution in [2.75, 3.05) is 31.5 Å². The first kappa shape index (κ1) is 23.9. The van der Waals surface area contributed by atoms with Gasteiger partial charge in [0.25, 0.3) is 5.91 Å². The molecule has 1 saturated heterocycles. The quantitative estimate of drug-likeness (QED) is 0.439. The average Bonchev–Trinajstić information content (AvgIpc) is 3.44. The number of nitrogens with zero attached hydrogens (tertiary/aromatic N) is 2. The van der Waals surface area contributed by atoms with Crippen molar-refractivity contribution in [1.29, 1.82) is 0 Å². The van der Waals surface area contributed by atoms with E-state index in [9.17, 15) is 18.4 Å². The summed E-state index contributed by atoms with van der Waals surface area (Å²) < 4.78 is 36.2. The molecule has 8 nitrogen and oxygen atoms in total. The van der Waals surface area contributed by atoms with Crippen molar-refractivity contribution in [1.82, 2.24) is 14.6 Å². The van der Waals surface area contributed by atoms with E-state index in [-0.39, 0.29) is 23.1 Å². The van der Waals surface area contributed by atoms with Crippen LogP contribution in [-0.4, -0.2) is 47.4 Å². The van der Waals surface area contributed by atoms with Crippen molar-refractivity contribution in [3.63, 3.8) is 0 Å². The summed E-state index contributed by atoms with van der Waals surface area (Å²) in [6.07, 6.45) is 3.25. The predicted octanol–water partition coefficient (Wildman–Crippen LogP) is 3.37. The Morgan fingerprint density at radius 2 is 1.88 bits per heavy atom. The van der Waals surface area contributed by atoms with Gasteiger partial charge >= 0.3 is 6.03 Å². The van der Waals surface area contributed by atoms with Crippen LogP contribution in [-0.2, 0) is 20.0 Å². The number of hydrogen-bond donors (Lipinski definition) is 3. The van der Waals surface area contributed by atoms with E-state index < -0.39 is 25.3 Å². The third-order valence-electron chi connectivity index (χ3n) is 5.28. The number of benzene rings is 1. The van der Waals surface area contributed by atoms with Gasteiger partial charge in [0.15, 0.2) is 0 Å². The number of likely N-dealkylation sites (tertiary alicyclic amines) is 1. The SMILES string of the molecule is NC(=O)c1c(OCc2c(CF)cccc2CF)nsc1NC(=O)NCCCN1CCCC1. The number of amides is 3. The maximum absolute atomic E-state index is 13.3. The van der Waals surface area contributed by atoms with Crippen LogP contribution in [0.3, 0.4) is 0 Å². The Balaban J connectivity index is 1.59. The number of carbonyl (C=O) groups is 2. The van der Waals surface area contributed by atoms with Crippen LogP contribution in [0.25, 0.3) is 0 Å². The van der Waals surface area contributed by atoms with Crippen LogP contribution >= 0.6 is 11.5 Å². The lowest BCUT2D eigenvalue weighted by Gasteiger charge is -2.14. The molecule has 0 spiro atoms. The molecule has 11 heteroatoms. The molecular formula is C21H27F2N5O3S. The minimum atomic E-state index is -0.831. The molecule has 1 aromatic heterocycles. The third-order valence-corrected chi connectivity index (χ3v) is 6.03. The van der Waals surface area contributed by atoms with Crippen LogP contribution in [0.2, 0.25) is 0 Å². The summed E-state index contributed by atoms with van der Waals surface area (Å²) in [5.74, 6) is -0.923. The standard InChI is InChI=1S/C21H27F2N5O3S/c22-11-14-5-3-6-15(12-23)16(14)13-31-19-17(18(24)29)20(32-27-19)26-21(30)25-7-4-10-28-8-1-2-9-28/h3,5-6H,1-2,4,7-13H2,(H2,24,29)(H2,25,26,30). The van der Waals surface area contributed by atoms with Crippen molar-refractivity contribution in [3.8, 4) is 5.88 Å². The number of halogens is 2. The fourth-order valence-electron chi connectivity index (χ4n) is 3.60. The second kappa shape index (κ2) is 11.7.